The maximum absolute atomic E-state index is 13.8. The molecule has 6 heteroatoms. The van der Waals surface area contributed by atoms with E-state index >= 15 is 0 Å². The highest BCUT2D eigenvalue weighted by Crippen LogP contribution is 2.13. The van der Waals surface area contributed by atoms with E-state index in [-0.39, 0.29) is 30.0 Å². The second-order valence-corrected chi connectivity index (χ2v) is 4.25. The molecule has 0 saturated heterocycles. The van der Waals surface area contributed by atoms with Crippen molar-refractivity contribution in [1.82, 2.24) is 5.16 Å². The number of benzene rings is 1. The molecule has 1 aromatic heterocycles. The summed E-state index contributed by atoms with van der Waals surface area (Å²) in [6.07, 6.45) is 0.271. The first-order valence-corrected chi connectivity index (χ1v) is 6.24. The number of amides is 1. The number of nitrogens with zero attached hydrogens (tertiary/aromatic N) is 1. The predicted octanol–water partition coefficient (Wildman–Crippen LogP) is 2.11. The predicted molar refractivity (Wildman–Crippen MR) is 74.2 cm³/mol. The molecule has 0 aliphatic carbocycles. The maximum Gasteiger partial charge on any atom is 0.257 e. The maximum atomic E-state index is 13.8. The summed E-state index contributed by atoms with van der Waals surface area (Å²) in [5, 5.41) is 14.7. The molecule has 0 bridgehead atoms. The number of aromatic nitrogens is 1. The Hall–Kier alpha value is -2.65. The van der Waals surface area contributed by atoms with Gasteiger partial charge in [0.25, 0.3) is 5.91 Å². The van der Waals surface area contributed by atoms with Crippen LogP contribution in [0.1, 0.15) is 28.1 Å². The van der Waals surface area contributed by atoms with Crippen LogP contribution in [0.4, 0.5) is 10.2 Å². The molecule has 1 amide bonds. The van der Waals surface area contributed by atoms with Crippen LogP contribution in [0.15, 0.2) is 28.8 Å². The molecule has 5 nitrogen and oxygen atoms in total. The zero-order valence-electron chi connectivity index (χ0n) is 11.3. The molecule has 0 aliphatic rings. The minimum absolute atomic E-state index is 0.0772. The summed E-state index contributed by atoms with van der Waals surface area (Å²) < 4.78 is 18.6. The van der Waals surface area contributed by atoms with Crippen molar-refractivity contribution >= 4 is 11.7 Å². The molecule has 0 spiro atoms. The molecule has 2 N–H and O–H groups in total. The van der Waals surface area contributed by atoms with Crippen molar-refractivity contribution in [1.29, 1.82) is 0 Å². The Balaban J connectivity index is 2.12. The normalized spacial score (nSPS) is 9.86. The summed E-state index contributed by atoms with van der Waals surface area (Å²) in [7, 11) is 0. The number of nitrogens with one attached hydrogen (secondary N) is 1. The first kappa shape index (κ1) is 14.8. The standard InChI is InChI=1S/C15H13FN2O3/c1-10-8-14(18-21-10)17-15(20)12-6-5-11(13(16)9-12)4-2-3-7-19/h5-6,8-9,19H,3,7H2,1H3,(H,17,18,20). The Morgan fingerprint density at radius 3 is 2.90 bits per heavy atom. The molecule has 21 heavy (non-hydrogen) atoms. The molecule has 0 atom stereocenters. The van der Waals surface area contributed by atoms with Gasteiger partial charge in [0.15, 0.2) is 5.82 Å². The van der Waals surface area contributed by atoms with Gasteiger partial charge in [-0.1, -0.05) is 17.0 Å². The van der Waals surface area contributed by atoms with E-state index in [1.807, 2.05) is 0 Å². The molecule has 0 fully saturated rings. The minimum atomic E-state index is -0.593. The zero-order valence-corrected chi connectivity index (χ0v) is 11.3. The fourth-order valence-electron chi connectivity index (χ4n) is 1.59. The molecular weight excluding hydrogens is 275 g/mol. The van der Waals surface area contributed by atoms with Gasteiger partial charge in [0.1, 0.15) is 11.6 Å². The van der Waals surface area contributed by atoms with Crippen molar-refractivity contribution in [3.8, 4) is 11.8 Å². The Morgan fingerprint density at radius 1 is 1.48 bits per heavy atom. The number of carbonyl (C=O) groups excluding carboxylic acids is 1. The Bertz CT molecular complexity index is 713. The highest BCUT2D eigenvalue weighted by molar-refractivity contribution is 6.03. The molecular formula is C15H13FN2O3. The topological polar surface area (TPSA) is 75.4 Å². The molecule has 108 valence electrons. The number of anilines is 1. The first-order valence-electron chi connectivity index (χ1n) is 6.24. The van der Waals surface area contributed by atoms with Crippen molar-refractivity contribution in [2.45, 2.75) is 13.3 Å². The Labute approximate surface area is 120 Å². The molecule has 0 aliphatic heterocycles. The van der Waals surface area contributed by atoms with Gasteiger partial charge < -0.3 is 14.9 Å². The van der Waals surface area contributed by atoms with Gasteiger partial charge >= 0.3 is 0 Å². The fraction of sp³-hybridized carbons (Fsp3) is 0.200. The van der Waals surface area contributed by atoms with E-state index in [1.54, 1.807) is 13.0 Å². The molecule has 2 aromatic rings. The largest absolute Gasteiger partial charge is 0.395 e. The van der Waals surface area contributed by atoms with Crippen LogP contribution in [-0.2, 0) is 0 Å². The number of carbonyl (C=O) groups is 1. The number of hydrogen-bond donors (Lipinski definition) is 2. The summed E-state index contributed by atoms with van der Waals surface area (Å²) in [6.45, 7) is 1.62. The van der Waals surface area contributed by atoms with Crippen LogP contribution in [0.3, 0.4) is 0 Å². The third-order valence-electron chi connectivity index (χ3n) is 2.56. The van der Waals surface area contributed by atoms with E-state index in [1.165, 1.54) is 12.1 Å². The van der Waals surface area contributed by atoms with Crippen molar-refractivity contribution in [2.75, 3.05) is 11.9 Å². The molecule has 0 unspecified atom stereocenters. The van der Waals surface area contributed by atoms with Gasteiger partial charge in [-0.25, -0.2) is 4.39 Å². The SMILES string of the molecule is Cc1cc(NC(=O)c2ccc(C#CCCO)c(F)c2)no1. The van der Waals surface area contributed by atoms with E-state index in [0.29, 0.717) is 5.76 Å². The van der Waals surface area contributed by atoms with E-state index in [2.05, 4.69) is 22.3 Å². The van der Waals surface area contributed by atoms with E-state index < -0.39 is 11.7 Å². The van der Waals surface area contributed by atoms with Gasteiger partial charge in [-0.2, -0.15) is 0 Å². The number of aliphatic hydroxyl groups excluding tert-OH is 1. The average molecular weight is 288 g/mol. The second-order valence-electron chi connectivity index (χ2n) is 4.25. The Kier molecular flexibility index (Phi) is 4.69. The van der Waals surface area contributed by atoms with Gasteiger partial charge in [0.05, 0.1) is 12.2 Å². The van der Waals surface area contributed by atoms with E-state index in [9.17, 15) is 9.18 Å². The average Bonchev–Trinajstić information content (AvgIpc) is 2.86. The lowest BCUT2D eigenvalue weighted by molar-refractivity contribution is 0.102. The summed E-state index contributed by atoms with van der Waals surface area (Å²) in [5.74, 6) is 4.96. The van der Waals surface area contributed by atoms with Crippen LogP contribution >= 0.6 is 0 Å². The van der Waals surface area contributed by atoms with Crippen molar-refractivity contribution < 1.29 is 18.8 Å². The van der Waals surface area contributed by atoms with Crippen molar-refractivity contribution in [3.05, 3.63) is 47.0 Å². The number of aliphatic hydroxyl groups is 1. The second kappa shape index (κ2) is 6.68. The van der Waals surface area contributed by atoms with Crippen LogP contribution in [0, 0.1) is 24.6 Å². The van der Waals surface area contributed by atoms with Crippen molar-refractivity contribution in [3.63, 3.8) is 0 Å². The number of rotatable bonds is 3. The van der Waals surface area contributed by atoms with Crippen molar-refractivity contribution in [2.24, 2.45) is 0 Å². The lowest BCUT2D eigenvalue weighted by Crippen LogP contribution is -2.12. The molecule has 1 aromatic carbocycles. The quantitative estimate of drug-likeness (QED) is 0.848. The van der Waals surface area contributed by atoms with E-state index in [0.717, 1.165) is 6.07 Å². The zero-order chi connectivity index (χ0) is 15.2. The van der Waals surface area contributed by atoms with Gasteiger partial charge in [-0.15, -0.1) is 0 Å². The highest BCUT2D eigenvalue weighted by atomic mass is 19.1. The van der Waals surface area contributed by atoms with Gasteiger partial charge in [-0.05, 0) is 25.1 Å². The molecule has 2 rings (SSSR count). The van der Waals surface area contributed by atoms with Crippen LogP contribution in [0.5, 0.6) is 0 Å². The van der Waals surface area contributed by atoms with Crippen LogP contribution in [-0.4, -0.2) is 22.8 Å². The highest BCUT2D eigenvalue weighted by Gasteiger charge is 2.11. The van der Waals surface area contributed by atoms with Crippen LogP contribution in [0.2, 0.25) is 0 Å². The number of halogens is 1. The van der Waals surface area contributed by atoms with Crippen LogP contribution < -0.4 is 5.32 Å². The van der Waals surface area contributed by atoms with Gasteiger partial charge in [0, 0.05) is 18.1 Å². The Morgan fingerprint density at radius 2 is 2.29 bits per heavy atom. The summed E-state index contributed by atoms with van der Waals surface area (Å²) in [6, 6.07) is 5.55. The first-order chi connectivity index (χ1) is 10.1. The lowest BCUT2D eigenvalue weighted by atomic mass is 10.1. The third kappa shape index (κ3) is 3.91. The lowest BCUT2D eigenvalue weighted by Gasteiger charge is -2.02. The smallest absolute Gasteiger partial charge is 0.257 e. The summed E-state index contributed by atoms with van der Waals surface area (Å²) in [5.41, 5.74) is 0.332. The molecule has 0 saturated carbocycles. The molecule has 0 radical (unpaired) electrons. The van der Waals surface area contributed by atoms with Gasteiger partial charge in [0.2, 0.25) is 0 Å². The summed E-state index contributed by atoms with van der Waals surface area (Å²) in [4.78, 5) is 11.9. The number of hydrogen-bond acceptors (Lipinski definition) is 4. The monoisotopic (exact) mass is 288 g/mol. The minimum Gasteiger partial charge on any atom is -0.395 e. The summed E-state index contributed by atoms with van der Waals surface area (Å²) >= 11 is 0. The third-order valence-corrected chi connectivity index (χ3v) is 2.56. The van der Waals surface area contributed by atoms with Gasteiger partial charge in [-0.3, -0.25) is 4.79 Å². The van der Waals surface area contributed by atoms with Crippen LogP contribution in [0.25, 0.3) is 0 Å². The molecule has 1 heterocycles. The van der Waals surface area contributed by atoms with E-state index in [4.69, 9.17) is 9.63 Å². The fourth-order valence-corrected chi connectivity index (χ4v) is 1.59. The number of aryl methyl sites for hydroxylation is 1.